The Balaban J connectivity index is 2.34. The van der Waals surface area contributed by atoms with Crippen LogP contribution in [-0.4, -0.2) is 39.2 Å². The van der Waals surface area contributed by atoms with Gasteiger partial charge in [0.05, 0.1) is 42.2 Å². The summed E-state index contributed by atoms with van der Waals surface area (Å²) in [5, 5.41) is 4.33. The average Bonchev–Trinajstić information content (AvgIpc) is 2.92. The fraction of sp³-hybridized carbons (Fsp3) is 0.312. The predicted octanol–water partition coefficient (Wildman–Crippen LogP) is 2.43. The molecule has 0 atom stereocenters. The van der Waals surface area contributed by atoms with Crippen molar-refractivity contribution in [2.24, 2.45) is 0 Å². The van der Waals surface area contributed by atoms with Crippen molar-refractivity contribution in [2.45, 2.75) is 13.3 Å². The van der Waals surface area contributed by atoms with Gasteiger partial charge in [-0.25, -0.2) is 9.07 Å². The first-order valence-electron chi connectivity index (χ1n) is 6.96. The topological polar surface area (TPSA) is 51.0 Å². The summed E-state index contributed by atoms with van der Waals surface area (Å²) in [6.45, 7) is 1.95. The Morgan fingerprint density at radius 1 is 1.52 bits per heavy atom. The maximum Gasteiger partial charge on any atom is 0.228 e. The molecule has 0 saturated carbocycles. The lowest BCUT2D eigenvalue weighted by Crippen LogP contribution is -2.31. The summed E-state index contributed by atoms with van der Waals surface area (Å²) in [6.07, 6.45) is 12.0. The Kier molecular flexibility index (Phi) is 5.77. The number of hydrogen-bond donors (Lipinski definition) is 0. The minimum atomic E-state index is -0.450. The minimum Gasteiger partial charge on any atom is -0.297 e. The number of carbonyl (C=O) groups excluding carboxylic acids is 1. The lowest BCUT2D eigenvalue weighted by Gasteiger charge is -2.19. The molecule has 2 aromatic heterocycles. The second kappa shape index (κ2) is 7.79. The summed E-state index contributed by atoms with van der Waals surface area (Å²) in [6, 6.07) is 1.32. The van der Waals surface area contributed by atoms with Gasteiger partial charge in [-0.2, -0.15) is 16.9 Å². The van der Waals surface area contributed by atoms with Crippen molar-refractivity contribution in [1.82, 2.24) is 14.8 Å². The molecule has 0 bridgehead atoms. The van der Waals surface area contributed by atoms with E-state index in [1.165, 1.54) is 21.8 Å². The van der Waals surface area contributed by atoms with Crippen LogP contribution in [0.1, 0.15) is 12.1 Å². The molecule has 0 aliphatic carbocycles. The molecule has 23 heavy (non-hydrogen) atoms. The Hall–Kier alpha value is -2.33. The number of aromatic nitrogens is 3. The molecule has 2 heterocycles. The molecule has 1 amide bonds. The molecule has 7 heteroatoms. The van der Waals surface area contributed by atoms with Crippen LogP contribution in [-0.2, 0) is 4.79 Å². The predicted molar refractivity (Wildman–Crippen MR) is 90.2 cm³/mol. The van der Waals surface area contributed by atoms with Crippen molar-refractivity contribution >= 4 is 23.4 Å². The van der Waals surface area contributed by atoms with Crippen LogP contribution in [0, 0.1) is 25.1 Å². The van der Waals surface area contributed by atoms with Gasteiger partial charge >= 0.3 is 0 Å². The number of hydrogen-bond acceptors (Lipinski definition) is 4. The van der Waals surface area contributed by atoms with Crippen molar-refractivity contribution in [3.8, 4) is 18.0 Å². The van der Waals surface area contributed by atoms with Gasteiger partial charge in [-0.15, -0.1) is 6.42 Å². The van der Waals surface area contributed by atoms with E-state index in [1.807, 2.05) is 6.26 Å². The molecule has 0 saturated heterocycles. The van der Waals surface area contributed by atoms with Gasteiger partial charge in [0.2, 0.25) is 5.91 Å². The fourth-order valence-electron chi connectivity index (χ4n) is 2.10. The second-order valence-corrected chi connectivity index (χ2v) is 5.82. The number of anilines is 1. The van der Waals surface area contributed by atoms with E-state index in [0.29, 0.717) is 23.5 Å². The lowest BCUT2D eigenvalue weighted by molar-refractivity contribution is -0.118. The van der Waals surface area contributed by atoms with E-state index in [0.717, 1.165) is 11.9 Å². The molecule has 2 rings (SSSR count). The minimum absolute atomic E-state index is 0.0580. The molecule has 0 aliphatic heterocycles. The van der Waals surface area contributed by atoms with Crippen LogP contribution in [0.2, 0.25) is 0 Å². The summed E-state index contributed by atoms with van der Waals surface area (Å²) in [4.78, 5) is 17.7. The Bertz CT molecular complexity index is 738. The quantitative estimate of drug-likeness (QED) is 0.763. The highest BCUT2D eigenvalue weighted by molar-refractivity contribution is 7.98. The standard InChI is InChI=1S/C16H17FN4OS/c1-4-6-20(16(22)5-7-23-3)15-11-21(19-12(15)2)14-8-13(17)9-18-10-14/h1,8-11H,5-7H2,2-3H3. The zero-order chi connectivity index (χ0) is 16.8. The number of halogens is 1. The number of carbonyl (C=O) groups is 1. The second-order valence-electron chi connectivity index (χ2n) is 4.83. The van der Waals surface area contributed by atoms with E-state index in [-0.39, 0.29) is 12.5 Å². The van der Waals surface area contributed by atoms with Crippen LogP contribution in [0.15, 0.2) is 24.7 Å². The lowest BCUT2D eigenvalue weighted by atomic mass is 10.3. The number of thioether (sulfide) groups is 1. The monoisotopic (exact) mass is 332 g/mol. The molecular weight excluding hydrogens is 315 g/mol. The van der Waals surface area contributed by atoms with E-state index in [1.54, 1.807) is 24.9 Å². The van der Waals surface area contributed by atoms with Crippen molar-refractivity contribution in [1.29, 1.82) is 0 Å². The summed E-state index contributed by atoms with van der Waals surface area (Å²) in [5.41, 5.74) is 1.75. The van der Waals surface area contributed by atoms with Crippen LogP contribution in [0.25, 0.3) is 5.69 Å². The normalized spacial score (nSPS) is 10.3. The van der Waals surface area contributed by atoms with Gasteiger partial charge in [0.1, 0.15) is 5.82 Å². The summed E-state index contributed by atoms with van der Waals surface area (Å²) in [5.74, 6) is 2.71. The Morgan fingerprint density at radius 3 is 2.96 bits per heavy atom. The number of terminal acetylenes is 1. The summed E-state index contributed by atoms with van der Waals surface area (Å²) >= 11 is 1.60. The third-order valence-electron chi connectivity index (χ3n) is 3.19. The van der Waals surface area contributed by atoms with Gasteiger partial charge in [0, 0.05) is 18.2 Å². The number of amides is 1. The van der Waals surface area contributed by atoms with Crippen molar-refractivity contribution < 1.29 is 9.18 Å². The molecular formula is C16H17FN4OS. The third-order valence-corrected chi connectivity index (χ3v) is 3.80. The number of pyridine rings is 1. The van der Waals surface area contributed by atoms with Crippen LogP contribution in [0.4, 0.5) is 10.1 Å². The van der Waals surface area contributed by atoms with E-state index in [2.05, 4.69) is 16.0 Å². The molecule has 0 aliphatic rings. The van der Waals surface area contributed by atoms with E-state index < -0.39 is 5.82 Å². The van der Waals surface area contributed by atoms with Gasteiger partial charge in [0.25, 0.3) is 0 Å². The van der Waals surface area contributed by atoms with E-state index in [9.17, 15) is 9.18 Å². The average molecular weight is 332 g/mol. The molecule has 0 unspecified atom stereocenters. The fourth-order valence-corrected chi connectivity index (χ4v) is 2.48. The van der Waals surface area contributed by atoms with E-state index in [4.69, 9.17) is 6.42 Å². The molecule has 120 valence electrons. The molecule has 0 spiro atoms. The molecule has 0 radical (unpaired) electrons. The summed E-state index contributed by atoms with van der Waals surface area (Å²) < 4.78 is 14.8. The van der Waals surface area contributed by atoms with Crippen molar-refractivity contribution in [3.63, 3.8) is 0 Å². The Labute approximate surface area is 138 Å². The van der Waals surface area contributed by atoms with Gasteiger partial charge < -0.3 is 0 Å². The van der Waals surface area contributed by atoms with Crippen molar-refractivity contribution in [3.05, 3.63) is 36.2 Å². The van der Waals surface area contributed by atoms with Gasteiger partial charge in [-0.3, -0.25) is 14.7 Å². The number of aryl methyl sites for hydroxylation is 1. The SMILES string of the molecule is C#CCN(C(=O)CCSC)c1cn(-c2cncc(F)c2)nc1C. The highest BCUT2D eigenvalue weighted by atomic mass is 32.2. The van der Waals surface area contributed by atoms with E-state index >= 15 is 0 Å². The van der Waals surface area contributed by atoms with Crippen LogP contribution < -0.4 is 4.90 Å². The third kappa shape index (κ3) is 4.11. The zero-order valence-electron chi connectivity index (χ0n) is 13.0. The zero-order valence-corrected chi connectivity index (χ0v) is 13.8. The first kappa shape index (κ1) is 17.0. The molecule has 5 nitrogen and oxygen atoms in total. The number of nitrogens with zero attached hydrogens (tertiary/aromatic N) is 4. The Morgan fingerprint density at radius 2 is 2.30 bits per heavy atom. The molecule has 0 N–H and O–H groups in total. The van der Waals surface area contributed by atoms with Gasteiger partial charge in [0.15, 0.2) is 0 Å². The van der Waals surface area contributed by atoms with Gasteiger partial charge in [-0.05, 0) is 13.2 Å². The first-order chi connectivity index (χ1) is 11.1. The van der Waals surface area contributed by atoms with Crippen LogP contribution in [0.3, 0.4) is 0 Å². The largest absolute Gasteiger partial charge is 0.297 e. The summed E-state index contributed by atoms with van der Waals surface area (Å²) in [7, 11) is 0. The molecule has 2 aromatic rings. The van der Waals surface area contributed by atoms with Crippen LogP contribution >= 0.6 is 11.8 Å². The molecule has 0 aromatic carbocycles. The molecule has 0 fully saturated rings. The maximum absolute atomic E-state index is 13.3. The number of rotatable bonds is 6. The van der Waals surface area contributed by atoms with Crippen molar-refractivity contribution in [2.75, 3.05) is 23.5 Å². The van der Waals surface area contributed by atoms with Crippen LogP contribution in [0.5, 0.6) is 0 Å². The van der Waals surface area contributed by atoms with Gasteiger partial charge in [-0.1, -0.05) is 5.92 Å². The maximum atomic E-state index is 13.3. The highest BCUT2D eigenvalue weighted by Gasteiger charge is 2.19. The smallest absolute Gasteiger partial charge is 0.228 e. The highest BCUT2D eigenvalue weighted by Crippen LogP contribution is 2.22. The first-order valence-corrected chi connectivity index (χ1v) is 8.36.